The molecule has 4 heteroatoms. The third-order valence-corrected chi connectivity index (χ3v) is 3.96. The molecule has 21 heavy (non-hydrogen) atoms. The Labute approximate surface area is 130 Å². The SMILES string of the molecule is CC(C)CCNC(CNC(=O)OC(C)(C)C)C1CCCC1. The van der Waals surface area contributed by atoms with E-state index in [1.165, 1.54) is 32.1 Å². The molecule has 1 unspecified atom stereocenters. The summed E-state index contributed by atoms with van der Waals surface area (Å²) in [5.74, 6) is 1.40. The Kier molecular flexibility index (Phi) is 7.50. The summed E-state index contributed by atoms with van der Waals surface area (Å²) in [6.45, 7) is 11.8. The molecule has 1 aliphatic rings. The first-order chi connectivity index (χ1) is 9.78. The summed E-state index contributed by atoms with van der Waals surface area (Å²) in [4.78, 5) is 11.8. The van der Waals surface area contributed by atoms with Crippen LogP contribution in [0.4, 0.5) is 4.79 Å². The van der Waals surface area contributed by atoms with Crippen LogP contribution in [0.5, 0.6) is 0 Å². The van der Waals surface area contributed by atoms with E-state index in [4.69, 9.17) is 4.74 Å². The Morgan fingerprint density at radius 3 is 2.38 bits per heavy atom. The lowest BCUT2D eigenvalue weighted by molar-refractivity contribution is 0.0518. The van der Waals surface area contributed by atoms with Crippen LogP contribution < -0.4 is 10.6 Å². The van der Waals surface area contributed by atoms with E-state index in [0.29, 0.717) is 24.4 Å². The lowest BCUT2D eigenvalue weighted by atomic mass is 9.97. The fourth-order valence-electron chi connectivity index (χ4n) is 2.83. The molecule has 0 aromatic heterocycles. The van der Waals surface area contributed by atoms with Crippen molar-refractivity contribution in [3.05, 3.63) is 0 Å². The van der Waals surface area contributed by atoms with Crippen molar-refractivity contribution < 1.29 is 9.53 Å². The molecule has 0 heterocycles. The minimum Gasteiger partial charge on any atom is -0.444 e. The van der Waals surface area contributed by atoms with Gasteiger partial charge in [-0.2, -0.15) is 0 Å². The topological polar surface area (TPSA) is 50.4 Å². The van der Waals surface area contributed by atoms with Crippen molar-refractivity contribution in [1.29, 1.82) is 0 Å². The van der Waals surface area contributed by atoms with E-state index < -0.39 is 5.60 Å². The number of carbonyl (C=O) groups excluding carboxylic acids is 1. The molecule has 0 aromatic carbocycles. The quantitative estimate of drug-likeness (QED) is 0.753. The average Bonchev–Trinajstić information content (AvgIpc) is 2.84. The molecule has 0 saturated heterocycles. The summed E-state index contributed by atoms with van der Waals surface area (Å²) >= 11 is 0. The van der Waals surface area contributed by atoms with E-state index >= 15 is 0 Å². The lowest BCUT2D eigenvalue weighted by Gasteiger charge is -2.26. The first-order valence-corrected chi connectivity index (χ1v) is 8.48. The Balaban J connectivity index is 2.39. The molecule has 0 aromatic rings. The molecule has 2 N–H and O–H groups in total. The molecule has 1 atom stereocenters. The maximum atomic E-state index is 11.8. The number of ether oxygens (including phenoxy) is 1. The molecule has 1 fully saturated rings. The third-order valence-electron chi connectivity index (χ3n) is 3.96. The van der Waals surface area contributed by atoms with Crippen LogP contribution in [0.15, 0.2) is 0 Å². The van der Waals surface area contributed by atoms with Gasteiger partial charge in [0.15, 0.2) is 0 Å². The first-order valence-electron chi connectivity index (χ1n) is 8.48. The zero-order valence-corrected chi connectivity index (χ0v) is 14.5. The third kappa shape index (κ3) is 8.30. The normalized spacial score (nSPS) is 18.0. The van der Waals surface area contributed by atoms with Crippen LogP contribution in [0.25, 0.3) is 0 Å². The van der Waals surface area contributed by atoms with E-state index in [1.807, 2.05) is 20.8 Å². The molecular formula is C17H34N2O2. The second-order valence-electron chi connectivity index (χ2n) is 7.67. The van der Waals surface area contributed by atoms with Gasteiger partial charge in [-0.05, 0) is 58.4 Å². The molecule has 4 nitrogen and oxygen atoms in total. The van der Waals surface area contributed by atoms with Gasteiger partial charge in [0.1, 0.15) is 5.60 Å². The van der Waals surface area contributed by atoms with Gasteiger partial charge in [0.25, 0.3) is 0 Å². The highest BCUT2D eigenvalue weighted by Gasteiger charge is 2.25. The van der Waals surface area contributed by atoms with E-state index in [0.717, 1.165) is 6.54 Å². The Morgan fingerprint density at radius 1 is 1.24 bits per heavy atom. The van der Waals surface area contributed by atoms with Crippen molar-refractivity contribution in [1.82, 2.24) is 10.6 Å². The zero-order chi connectivity index (χ0) is 15.9. The van der Waals surface area contributed by atoms with Crippen LogP contribution in [0.2, 0.25) is 0 Å². The maximum absolute atomic E-state index is 11.8. The van der Waals surface area contributed by atoms with E-state index in [1.54, 1.807) is 0 Å². The molecular weight excluding hydrogens is 264 g/mol. The predicted molar refractivity (Wildman–Crippen MR) is 87.4 cm³/mol. The van der Waals surface area contributed by atoms with Gasteiger partial charge in [0.05, 0.1) is 0 Å². The second kappa shape index (κ2) is 8.62. The minimum atomic E-state index is -0.433. The lowest BCUT2D eigenvalue weighted by Crippen LogP contribution is -2.46. The predicted octanol–water partition coefficient (Wildman–Crippen LogP) is 3.71. The Morgan fingerprint density at radius 2 is 1.86 bits per heavy atom. The maximum Gasteiger partial charge on any atom is 0.407 e. The average molecular weight is 298 g/mol. The molecule has 1 amide bonds. The fourth-order valence-corrected chi connectivity index (χ4v) is 2.83. The molecule has 0 radical (unpaired) electrons. The van der Waals surface area contributed by atoms with Gasteiger partial charge in [0, 0.05) is 12.6 Å². The number of alkyl carbamates (subject to hydrolysis) is 1. The highest BCUT2D eigenvalue weighted by molar-refractivity contribution is 5.67. The highest BCUT2D eigenvalue weighted by atomic mass is 16.6. The van der Waals surface area contributed by atoms with Gasteiger partial charge in [-0.3, -0.25) is 0 Å². The van der Waals surface area contributed by atoms with Crippen molar-refractivity contribution in [2.75, 3.05) is 13.1 Å². The largest absolute Gasteiger partial charge is 0.444 e. The number of nitrogens with one attached hydrogen (secondary N) is 2. The Hall–Kier alpha value is -0.770. The standard InChI is InChI=1S/C17H34N2O2/c1-13(2)10-11-18-15(14-8-6-7-9-14)12-19-16(20)21-17(3,4)5/h13-15,18H,6-12H2,1-5H3,(H,19,20). The number of rotatable bonds is 7. The first kappa shape index (κ1) is 18.3. The molecule has 0 spiro atoms. The van der Waals surface area contributed by atoms with Crippen molar-refractivity contribution in [3.8, 4) is 0 Å². The summed E-state index contributed by atoms with van der Waals surface area (Å²) in [6, 6.07) is 0.374. The van der Waals surface area contributed by atoms with Crippen molar-refractivity contribution >= 4 is 6.09 Å². The van der Waals surface area contributed by atoms with Gasteiger partial charge in [0.2, 0.25) is 0 Å². The summed E-state index contributed by atoms with van der Waals surface area (Å²) in [7, 11) is 0. The molecule has 1 aliphatic carbocycles. The van der Waals surface area contributed by atoms with Gasteiger partial charge in [-0.15, -0.1) is 0 Å². The van der Waals surface area contributed by atoms with Crippen molar-refractivity contribution in [2.24, 2.45) is 11.8 Å². The smallest absolute Gasteiger partial charge is 0.407 e. The summed E-state index contributed by atoms with van der Waals surface area (Å²) in [6.07, 6.45) is 6.05. The van der Waals surface area contributed by atoms with Gasteiger partial charge in [-0.1, -0.05) is 26.7 Å². The summed E-state index contributed by atoms with van der Waals surface area (Å²) in [5, 5.41) is 6.57. The summed E-state index contributed by atoms with van der Waals surface area (Å²) < 4.78 is 5.32. The second-order valence-corrected chi connectivity index (χ2v) is 7.67. The van der Waals surface area contributed by atoms with Crippen molar-refractivity contribution in [3.63, 3.8) is 0 Å². The molecule has 1 rings (SSSR count). The van der Waals surface area contributed by atoms with Crippen LogP contribution in [0, 0.1) is 11.8 Å². The zero-order valence-electron chi connectivity index (χ0n) is 14.5. The van der Waals surface area contributed by atoms with E-state index in [-0.39, 0.29) is 6.09 Å². The minimum absolute atomic E-state index is 0.309. The molecule has 1 saturated carbocycles. The number of hydrogen-bond donors (Lipinski definition) is 2. The highest BCUT2D eigenvalue weighted by Crippen LogP contribution is 2.27. The van der Waals surface area contributed by atoms with Crippen LogP contribution in [0.1, 0.15) is 66.7 Å². The van der Waals surface area contributed by atoms with Gasteiger partial charge < -0.3 is 15.4 Å². The Bertz CT molecular complexity index is 304. The van der Waals surface area contributed by atoms with Crippen molar-refractivity contribution in [2.45, 2.75) is 78.4 Å². The van der Waals surface area contributed by atoms with E-state index in [2.05, 4.69) is 24.5 Å². The number of hydrogen-bond acceptors (Lipinski definition) is 3. The number of amides is 1. The van der Waals surface area contributed by atoms with E-state index in [9.17, 15) is 4.79 Å². The van der Waals surface area contributed by atoms with Gasteiger partial charge in [-0.25, -0.2) is 4.79 Å². The van der Waals surface area contributed by atoms with Crippen LogP contribution in [-0.2, 0) is 4.74 Å². The summed E-state index contributed by atoms with van der Waals surface area (Å²) in [5.41, 5.74) is -0.433. The van der Waals surface area contributed by atoms with Crippen LogP contribution in [0.3, 0.4) is 0 Å². The molecule has 124 valence electrons. The van der Waals surface area contributed by atoms with Crippen LogP contribution >= 0.6 is 0 Å². The molecule has 0 aliphatic heterocycles. The molecule has 0 bridgehead atoms. The van der Waals surface area contributed by atoms with Crippen LogP contribution in [-0.4, -0.2) is 30.8 Å². The number of carbonyl (C=O) groups is 1. The monoisotopic (exact) mass is 298 g/mol. The fraction of sp³-hybridized carbons (Fsp3) is 0.941. The van der Waals surface area contributed by atoms with Gasteiger partial charge >= 0.3 is 6.09 Å².